The average Bonchev–Trinajstić information content (AvgIpc) is 2.79. The highest BCUT2D eigenvalue weighted by Gasteiger charge is 2.24. The van der Waals surface area contributed by atoms with Gasteiger partial charge in [0.15, 0.2) is 5.69 Å². The van der Waals surface area contributed by atoms with E-state index in [0.717, 1.165) is 0 Å². The topological polar surface area (TPSA) is 119 Å². The molecule has 8 heteroatoms. The molecule has 19 heavy (non-hydrogen) atoms. The van der Waals surface area contributed by atoms with E-state index >= 15 is 0 Å². The molecule has 104 valence electrons. The number of carboxylic acid groups (broad SMARTS) is 1. The van der Waals surface area contributed by atoms with E-state index in [1.807, 2.05) is 0 Å². The largest absolute Gasteiger partial charge is 0.476 e. The number of ether oxygens (including phenoxy) is 2. The van der Waals surface area contributed by atoms with E-state index in [9.17, 15) is 14.4 Å². The number of aromatic nitrogens is 2. The van der Waals surface area contributed by atoms with Crippen LogP contribution in [0.4, 0.5) is 0 Å². The van der Waals surface area contributed by atoms with Gasteiger partial charge in [0.25, 0.3) is 0 Å². The Bertz CT molecular complexity index is 493. The van der Waals surface area contributed by atoms with E-state index < -0.39 is 17.9 Å². The van der Waals surface area contributed by atoms with E-state index in [1.54, 1.807) is 6.92 Å². The first-order valence-corrected chi connectivity index (χ1v) is 5.55. The molecule has 8 nitrogen and oxygen atoms in total. The van der Waals surface area contributed by atoms with E-state index in [-0.39, 0.29) is 36.4 Å². The van der Waals surface area contributed by atoms with Gasteiger partial charge in [0.2, 0.25) is 0 Å². The van der Waals surface area contributed by atoms with Crippen molar-refractivity contribution >= 4 is 17.9 Å². The molecule has 2 N–H and O–H groups in total. The third-order valence-electron chi connectivity index (χ3n) is 2.34. The number of aromatic carboxylic acids is 1. The number of hydrogen-bond acceptors (Lipinski definition) is 6. The first-order valence-electron chi connectivity index (χ1n) is 5.55. The Morgan fingerprint density at radius 3 is 2.58 bits per heavy atom. The van der Waals surface area contributed by atoms with Crippen LogP contribution < -0.4 is 0 Å². The van der Waals surface area contributed by atoms with Crippen LogP contribution in [0.15, 0.2) is 0 Å². The van der Waals surface area contributed by atoms with Crippen LogP contribution in [0.2, 0.25) is 0 Å². The Kier molecular flexibility index (Phi) is 5.04. The summed E-state index contributed by atoms with van der Waals surface area (Å²) in [5, 5.41) is 14.8. The van der Waals surface area contributed by atoms with Crippen molar-refractivity contribution in [3.8, 4) is 0 Å². The number of esters is 2. The molecule has 0 aliphatic rings. The minimum absolute atomic E-state index is 0.0292. The molecule has 0 fully saturated rings. The lowest BCUT2D eigenvalue weighted by Crippen LogP contribution is -2.11. The summed E-state index contributed by atoms with van der Waals surface area (Å²) >= 11 is 0. The molecule has 1 rings (SSSR count). The zero-order valence-electron chi connectivity index (χ0n) is 10.6. The van der Waals surface area contributed by atoms with Gasteiger partial charge < -0.3 is 14.6 Å². The average molecular weight is 270 g/mol. The second-order valence-corrected chi connectivity index (χ2v) is 3.53. The number of carbonyl (C=O) groups is 3. The molecule has 0 radical (unpaired) electrons. The van der Waals surface area contributed by atoms with Crippen LogP contribution >= 0.6 is 0 Å². The van der Waals surface area contributed by atoms with Crippen molar-refractivity contribution < 1.29 is 29.0 Å². The Morgan fingerprint density at radius 2 is 2.05 bits per heavy atom. The van der Waals surface area contributed by atoms with Crippen molar-refractivity contribution in [1.29, 1.82) is 0 Å². The fourth-order valence-corrected chi connectivity index (χ4v) is 1.52. The summed E-state index contributed by atoms with van der Waals surface area (Å²) in [6.45, 7) is 1.90. The number of nitrogens with zero attached hydrogens (tertiary/aromatic N) is 1. The predicted molar refractivity (Wildman–Crippen MR) is 61.8 cm³/mol. The van der Waals surface area contributed by atoms with Crippen LogP contribution in [0.3, 0.4) is 0 Å². The van der Waals surface area contributed by atoms with Gasteiger partial charge in [0.05, 0.1) is 13.7 Å². The van der Waals surface area contributed by atoms with Crippen molar-refractivity contribution in [2.75, 3.05) is 13.7 Å². The number of rotatable bonds is 6. The van der Waals surface area contributed by atoms with Gasteiger partial charge in [-0.3, -0.25) is 9.89 Å². The normalized spacial score (nSPS) is 10.0. The van der Waals surface area contributed by atoms with Crippen LogP contribution in [-0.4, -0.2) is 46.9 Å². The summed E-state index contributed by atoms with van der Waals surface area (Å²) in [4.78, 5) is 33.7. The van der Waals surface area contributed by atoms with E-state index in [0.29, 0.717) is 0 Å². The number of carbonyl (C=O) groups excluding carboxylic acids is 2. The van der Waals surface area contributed by atoms with Crippen LogP contribution in [0.5, 0.6) is 0 Å². The molecule has 0 atom stereocenters. The van der Waals surface area contributed by atoms with E-state index in [1.165, 1.54) is 7.11 Å². The molecule has 1 aromatic rings. The Hall–Kier alpha value is -2.38. The fourth-order valence-electron chi connectivity index (χ4n) is 1.52. The highest BCUT2D eigenvalue weighted by atomic mass is 16.5. The molecule has 0 saturated carbocycles. The molecule has 1 heterocycles. The van der Waals surface area contributed by atoms with Crippen LogP contribution in [0.1, 0.15) is 39.9 Å². The van der Waals surface area contributed by atoms with Gasteiger partial charge in [-0.25, -0.2) is 9.59 Å². The third kappa shape index (κ3) is 3.54. The second kappa shape index (κ2) is 6.53. The quantitative estimate of drug-likeness (QED) is 0.717. The Labute approximate surface area is 108 Å². The van der Waals surface area contributed by atoms with Crippen LogP contribution in [-0.2, 0) is 20.7 Å². The molecule has 0 spiro atoms. The molecule has 0 aromatic carbocycles. The Morgan fingerprint density at radius 1 is 1.37 bits per heavy atom. The number of nitrogens with one attached hydrogen (secondary N) is 1. The molecular formula is C11H14N2O6. The van der Waals surface area contributed by atoms with Gasteiger partial charge in [-0.2, -0.15) is 5.10 Å². The number of hydrogen-bond donors (Lipinski definition) is 2. The van der Waals surface area contributed by atoms with E-state index in [2.05, 4.69) is 14.9 Å². The molecule has 0 saturated heterocycles. The van der Waals surface area contributed by atoms with Gasteiger partial charge in [0, 0.05) is 12.0 Å². The molecular weight excluding hydrogens is 256 g/mol. The predicted octanol–water partition coefficient (Wildman–Crippen LogP) is 0.390. The number of carboxylic acids is 1. The smallest absolute Gasteiger partial charge is 0.356 e. The van der Waals surface area contributed by atoms with Gasteiger partial charge in [-0.1, -0.05) is 0 Å². The van der Waals surface area contributed by atoms with E-state index in [4.69, 9.17) is 9.84 Å². The molecule has 1 aromatic heterocycles. The zero-order chi connectivity index (χ0) is 14.4. The third-order valence-corrected chi connectivity index (χ3v) is 2.34. The minimum Gasteiger partial charge on any atom is -0.476 e. The maximum absolute atomic E-state index is 11.4. The lowest BCUT2D eigenvalue weighted by atomic mass is 10.1. The summed E-state index contributed by atoms with van der Waals surface area (Å²) in [5.41, 5.74) is -0.235. The second-order valence-electron chi connectivity index (χ2n) is 3.53. The van der Waals surface area contributed by atoms with Crippen molar-refractivity contribution in [2.45, 2.75) is 19.8 Å². The first-order chi connectivity index (χ1) is 9.01. The SMILES string of the molecule is CCOC(=O)CCc1c(C(=O)O)n[nH]c1C(=O)OC. The minimum atomic E-state index is -1.29. The van der Waals surface area contributed by atoms with Crippen molar-refractivity contribution in [3.05, 3.63) is 17.0 Å². The summed E-state index contributed by atoms with van der Waals surface area (Å²) < 4.78 is 9.24. The monoisotopic (exact) mass is 270 g/mol. The van der Waals surface area contributed by atoms with Crippen LogP contribution in [0.25, 0.3) is 0 Å². The molecule has 0 aliphatic heterocycles. The maximum Gasteiger partial charge on any atom is 0.356 e. The summed E-state index contributed by atoms with van der Waals surface area (Å²) in [7, 11) is 1.17. The number of H-pyrrole nitrogens is 1. The van der Waals surface area contributed by atoms with Gasteiger partial charge >= 0.3 is 17.9 Å². The zero-order valence-corrected chi connectivity index (χ0v) is 10.6. The summed E-state index contributed by atoms with van der Waals surface area (Å²) in [5.74, 6) is -2.50. The fraction of sp³-hybridized carbons (Fsp3) is 0.455. The summed E-state index contributed by atoms with van der Waals surface area (Å²) in [6, 6.07) is 0. The standard InChI is InChI=1S/C11H14N2O6/c1-3-19-7(14)5-4-6-8(10(15)16)12-13-9(6)11(17)18-2/h3-5H2,1-2H3,(H,12,13)(H,15,16). The van der Waals surface area contributed by atoms with Crippen molar-refractivity contribution in [2.24, 2.45) is 0 Å². The highest BCUT2D eigenvalue weighted by Crippen LogP contribution is 2.15. The first kappa shape index (κ1) is 14.7. The number of methoxy groups -OCH3 is 1. The highest BCUT2D eigenvalue weighted by molar-refractivity contribution is 5.95. The molecule has 0 amide bonds. The Balaban J connectivity index is 2.94. The lowest BCUT2D eigenvalue weighted by molar-refractivity contribution is -0.143. The van der Waals surface area contributed by atoms with Gasteiger partial charge in [-0.15, -0.1) is 0 Å². The lowest BCUT2D eigenvalue weighted by Gasteiger charge is -2.03. The van der Waals surface area contributed by atoms with Crippen molar-refractivity contribution in [1.82, 2.24) is 10.2 Å². The van der Waals surface area contributed by atoms with Gasteiger partial charge in [-0.05, 0) is 13.3 Å². The van der Waals surface area contributed by atoms with Gasteiger partial charge in [0.1, 0.15) is 5.69 Å². The maximum atomic E-state index is 11.4. The number of aromatic amines is 1. The van der Waals surface area contributed by atoms with Crippen molar-refractivity contribution in [3.63, 3.8) is 0 Å². The summed E-state index contributed by atoms with van der Waals surface area (Å²) in [6.07, 6.45) is -0.0148. The molecule has 0 bridgehead atoms. The molecule has 0 unspecified atom stereocenters. The van der Waals surface area contributed by atoms with Crippen LogP contribution in [0, 0.1) is 0 Å². The molecule has 0 aliphatic carbocycles.